The first-order valence-electron chi connectivity index (χ1n) is 7.00. The van der Waals surface area contributed by atoms with Gasteiger partial charge in [0.15, 0.2) is 0 Å². The summed E-state index contributed by atoms with van der Waals surface area (Å²) in [5.41, 5.74) is 11.9. The number of rotatable bonds is 3. The molecule has 0 spiro atoms. The third kappa shape index (κ3) is 3.19. The van der Waals surface area contributed by atoms with Crippen molar-refractivity contribution in [3.63, 3.8) is 0 Å². The lowest BCUT2D eigenvalue weighted by Crippen LogP contribution is -2.47. The van der Waals surface area contributed by atoms with E-state index < -0.39 is 0 Å². The maximum Gasteiger partial charge on any atom is 0.0822 e. The molecule has 2 aliphatic rings. The summed E-state index contributed by atoms with van der Waals surface area (Å²) in [6, 6.07) is 1.87. The first kappa shape index (κ1) is 12.8. The number of hydrogen-bond donors (Lipinski definition) is 3. The monoisotopic (exact) mass is 238 g/mol. The van der Waals surface area contributed by atoms with Crippen molar-refractivity contribution in [3.05, 3.63) is 0 Å². The molecule has 0 aromatic rings. The molecule has 98 valence electrons. The zero-order valence-electron chi connectivity index (χ0n) is 10.6. The second kappa shape index (κ2) is 5.83. The van der Waals surface area contributed by atoms with Crippen LogP contribution in [-0.4, -0.2) is 35.4 Å². The smallest absolute Gasteiger partial charge is 0.0822 e. The fourth-order valence-electron chi connectivity index (χ4n) is 3.31. The van der Waals surface area contributed by atoms with E-state index in [0.717, 1.165) is 51.4 Å². The average molecular weight is 238 g/mol. The second-order valence-electron chi connectivity index (χ2n) is 5.71. The van der Waals surface area contributed by atoms with Crippen LogP contribution in [-0.2, 0) is 0 Å². The summed E-state index contributed by atoms with van der Waals surface area (Å²) >= 11 is 0. The van der Waals surface area contributed by atoms with E-state index >= 15 is 0 Å². The van der Waals surface area contributed by atoms with E-state index in [2.05, 4.69) is 4.90 Å². The predicted molar refractivity (Wildman–Crippen MR) is 71.1 cm³/mol. The van der Waals surface area contributed by atoms with Crippen LogP contribution in [0.25, 0.3) is 0 Å². The standard InChI is InChI=1S/C13H26N4/c14-9-17(12-5-1-10(15)2-6-12)13-7-3-11(16)4-8-13/h9-14H,1-8,15-16H2. The average Bonchev–Trinajstić information content (AvgIpc) is 2.35. The van der Waals surface area contributed by atoms with Crippen molar-refractivity contribution in [2.24, 2.45) is 11.5 Å². The van der Waals surface area contributed by atoms with E-state index in [4.69, 9.17) is 16.9 Å². The van der Waals surface area contributed by atoms with Gasteiger partial charge in [-0.05, 0) is 51.4 Å². The van der Waals surface area contributed by atoms with Gasteiger partial charge in [-0.2, -0.15) is 0 Å². The van der Waals surface area contributed by atoms with Gasteiger partial charge in [-0.25, -0.2) is 0 Å². The Labute approximate surface area is 104 Å². The molecule has 0 unspecified atom stereocenters. The summed E-state index contributed by atoms with van der Waals surface area (Å²) in [5.74, 6) is 0. The molecule has 17 heavy (non-hydrogen) atoms. The van der Waals surface area contributed by atoms with E-state index in [1.54, 1.807) is 6.34 Å². The van der Waals surface area contributed by atoms with Crippen LogP contribution in [0.1, 0.15) is 51.4 Å². The van der Waals surface area contributed by atoms with Crippen LogP contribution in [0.3, 0.4) is 0 Å². The minimum Gasteiger partial charge on any atom is -0.357 e. The van der Waals surface area contributed by atoms with E-state index in [1.807, 2.05) is 0 Å². The van der Waals surface area contributed by atoms with Gasteiger partial charge in [0, 0.05) is 24.2 Å². The van der Waals surface area contributed by atoms with Crippen molar-refractivity contribution in [2.45, 2.75) is 75.5 Å². The Balaban J connectivity index is 1.89. The van der Waals surface area contributed by atoms with Crippen molar-refractivity contribution >= 4 is 6.34 Å². The summed E-state index contributed by atoms with van der Waals surface area (Å²) < 4.78 is 0. The summed E-state index contributed by atoms with van der Waals surface area (Å²) in [6.45, 7) is 0. The van der Waals surface area contributed by atoms with Crippen LogP contribution in [0.15, 0.2) is 0 Å². The van der Waals surface area contributed by atoms with Crippen LogP contribution < -0.4 is 11.5 Å². The van der Waals surface area contributed by atoms with E-state index in [-0.39, 0.29) is 0 Å². The Bertz CT molecular complexity index is 218. The summed E-state index contributed by atoms with van der Waals surface area (Å²) in [5, 5.41) is 7.67. The largest absolute Gasteiger partial charge is 0.357 e. The Morgan fingerprint density at radius 3 is 1.41 bits per heavy atom. The molecule has 0 aromatic heterocycles. The molecular formula is C13H26N4. The van der Waals surface area contributed by atoms with Crippen molar-refractivity contribution in [1.29, 1.82) is 5.41 Å². The normalized spacial score (nSPS) is 38.7. The molecule has 2 rings (SSSR count). The Morgan fingerprint density at radius 1 is 0.765 bits per heavy atom. The highest BCUT2D eigenvalue weighted by Gasteiger charge is 2.29. The molecule has 0 aliphatic heterocycles. The van der Waals surface area contributed by atoms with Crippen molar-refractivity contribution < 1.29 is 0 Å². The van der Waals surface area contributed by atoms with Crippen LogP contribution in [0, 0.1) is 5.41 Å². The summed E-state index contributed by atoms with van der Waals surface area (Å²) in [6.07, 6.45) is 10.6. The SMILES string of the molecule is N=CN(C1CCC(N)CC1)C1CCC(N)CC1. The van der Waals surface area contributed by atoms with Gasteiger partial charge in [-0.3, -0.25) is 5.41 Å². The van der Waals surface area contributed by atoms with Gasteiger partial charge in [0.25, 0.3) is 0 Å². The zero-order valence-corrected chi connectivity index (χ0v) is 10.6. The fraction of sp³-hybridized carbons (Fsp3) is 0.923. The van der Waals surface area contributed by atoms with Crippen molar-refractivity contribution in [1.82, 2.24) is 4.90 Å². The van der Waals surface area contributed by atoms with Gasteiger partial charge in [-0.15, -0.1) is 0 Å². The number of nitrogens with one attached hydrogen (secondary N) is 1. The highest BCUT2D eigenvalue weighted by atomic mass is 15.2. The number of nitrogens with two attached hydrogens (primary N) is 2. The predicted octanol–water partition coefficient (Wildman–Crippen LogP) is 1.44. The van der Waals surface area contributed by atoms with Gasteiger partial charge < -0.3 is 16.4 Å². The highest BCUT2D eigenvalue weighted by molar-refractivity contribution is 5.52. The molecule has 0 amide bonds. The lowest BCUT2D eigenvalue weighted by atomic mass is 9.86. The maximum atomic E-state index is 7.67. The van der Waals surface area contributed by atoms with Gasteiger partial charge in [0.05, 0.1) is 6.34 Å². The third-order valence-electron chi connectivity index (χ3n) is 4.48. The first-order chi connectivity index (χ1) is 8.20. The maximum absolute atomic E-state index is 7.67. The molecule has 0 radical (unpaired) electrons. The first-order valence-corrected chi connectivity index (χ1v) is 7.00. The topological polar surface area (TPSA) is 79.1 Å². The third-order valence-corrected chi connectivity index (χ3v) is 4.48. The molecule has 0 heterocycles. The number of hydrogen-bond acceptors (Lipinski definition) is 3. The van der Waals surface area contributed by atoms with E-state index in [1.165, 1.54) is 0 Å². The zero-order chi connectivity index (χ0) is 12.3. The van der Waals surface area contributed by atoms with Gasteiger partial charge in [0.2, 0.25) is 0 Å². The minimum atomic E-state index is 0.388. The number of nitrogens with zero attached hydrogens (tertiary/aromatic N) is 1. The molecule has 0 atom stereocenters. The van der Waals surface area contributed by atoms with Gasteiger partial charge in [-0.1, -0.05) is 0 Å². The Morgan fingerprint density at radius 2 is 1.12 bits per heavy atom. The Kier molecular flexibility index (Phi) is 4.40. The molecule has 4 heteroatoms. The lowest BCUT2D eigenvalue weighted by molar-refractivity contribution is 0.151. The quantitative estimate of drug-likeness (QED) is 0.514. The fourth-order valence-corrected chi connectivity index (χ4v) is 3.31. The van der Waals surface area contributed by atoms with Crippen LogP contribution in [0.2, 0.25) is 0 Å². The molecule has 0 bridgehead atoms. The van der Waals surface area contributed by atoms with Gasteiger partial charge in [0.1, 0.15) is 0 Å². The van der Waals surface area contributed by atoms with Crippen LogP contribution in [0.5, 0.6) is 0 Å². The Hall–Kier alpha value is -0.610. The molecule has 2 aliphatic carbocycles. The second-order valence-corrected chi connectivity index (χ2v) is 5.71. The van der Waals surface area contributed by atoms with Crippen LogP contribution >= 0.6 is 0 Å². The lowest BCUT2D eigenvalue weighted by Gasteiger charge is -2.42. The van der Waals surface area contributed by atoms with Crippen molar-refractivity contribution in [2.75, 3.05) is 0 Å². The van der Waals surface area contributed by atoms with E-state index in [0.29, 0.717) is 24.2 Å². The molecule has 0 saturated heterocycles. The molecular weight excluding hydrogens is 212 g/mol. The molecule has 2 saturated carbocycles. The van der Waals surface area contributed by atoms with E-state index in [9.17, 15) is 0 Å². The minimum absolute atomic E-state index is 0.388. The van der Waals surface area contributed by atoms with Crippen LogP contribution in [0.4, 0.5) is 0 Å². The molecule has 0 aromatic carbocycles. The summed E-state index contributed by atoms with van der Waals surface area (Å²) in [4.78, 5) is 2.29. The van der Waals surface area contributed by atoms with Gasteiger partial charge >= 0.3 is 0 Å². The molecule has 4 nitrogen and oxygen atoms in total. The molecule has 2 fully saturated rings. The summed E-state index contributed by atoms with van der Waals surface area (Å²) in [7, 11) is 0. The molecule has 5 N–H and O–H groups in total. The highest BCUT2D eigenvalue weighted by Crippen LogP contribution is 2.28. The van der Waals surface area contributed by atoms with Crippen molar-refractivity contribution in [3.8, 4) is 0 Å².